The molecular weight excluding hydrogens is 565 g/mol. The minimum atomic E-state index is -0.259. The molecule has 0 aliphatic rings. The molecule has 1 aromatic heterocycles. The van der Waals surface area contributed by atoms with Crippen LogP contribution in [-0.4, -0.2) is 23.0 Å². The normalized spacial score (nSPS) is 12.3. The minimum Gasteiger partial charge on any atom is -0.493 e. The molecule has 0 amide bonds. The van der Waals surface area contributed by atoms with Crippen molar-refractivity contribution in [2.24, 2.45) is 5.10 Å². The maximum absolute atomic E-state index is 13.5. The van der Waals surface area contributed by atoms with Crippen LogP contribution in [0.1, 0.15) is 43.1 Å². The molecule has 6 nitrogen and oxygen atoms in total. The molecule has 9 heteroatoms. The van der Waals surface area contributed by atoms with Crippen LogP contribution in [0.2, 0.25) is 10.0 Å². The number of aromatic nitrogens is 2. The van der Waals surface area contributed by atoms with E-state index >= 15 is 0 Å². The quantitative estimate of drug-likeness (QED) is 0.200. The first kappa shape index (κ1) is 26.2. The van der Waals surface area contributed by atoms with Crippen molar-refractivity contribution < 1.29 is 9.47 Å². The number of fused-ring (bicyclic) bond motifs is 1. The van der Waals surface area contributed by atoms with Crippen molar-refractivity contribution >= 4 is 56.2 Å². The Morgan fingerprint density at radius 1 is 1.11 bits per heavy atom. The highest BCUT2D eigenvalue weighted by molar-refractivity contribution is 9.10. The lowest BCUT2D eigenvalue weighted by atomic mass is 10.1. The third-order valence-electron chi connectivity index (χ3n) is 5.76. The zero-order chi connectivity index (χ0) is 25.8. The van der Waals surface area contributed by atoms with E-state index in [0.717, 1.165) is 16.5 Å². The van der Waals surface area contributed by atoms with E-state index in [1.54, 1.807) is 43.7 Å². The number of rotatable bonds is 8. The van der Waals surface area contributed by atoms with Crippen molar-refractivity contribution in [3.05, 3.63) is 96.4 Å². The molecule has 0 unspecified atom stereocenters. The number of ether oxygens (including phenoxy) is 2. The highest BCUT2D eigenvalue weighted by Crippen LogP contribution is 2.34. The van der Waals surface area contributed by atoms with E-state index in [4.69, 9.17) is 37.7 Å². The van der Waals surface area contributed by atoms with Crippen molar-refractivity contribution in [3.63, 3.8) is 0 Å². The Balaban J connectivity index is 1.80. The fourth-order valence-corrected chi connectivity index (χ4v) is 4.33. The predicted octanol–water partition coefficient (Wildman–Crippen LogP) is 7.45. The smallest absolute Gasteiger partial charge is 0.282 e. The van der Waals surface area contributed by atoms with Crippen LogP contribution in [0, 0.1) is 0 Å². The summed E-state index contributed by atoms with van der Waals surface area (Å²) in [6.07, 6.45) is 2.34. The molecular formula is C27H24BrCl2N3O3. The lowest BCUT2D eigenvalue weighted by molar-refractivity contribution is 0.284. The molecule has 0 bridgehead atoms. The molecule has 1 heterocycles. The highest BCUT2D eigenvalue weighted by atomic mass is 79.9. The van der Waals surface area contributed by atoms with Gasteiger partial charge in [0.15, 0.2) is 11.5 Å². The molecule has 186 valence electrons. The van der Waals surface area contributed by atoms with Gasteiger partial charge in [0.2, 0.25) is 0 Å². The van der Waals surface area contributed by atoms with Gasteiger partial charge in [0.1, 0.15) is 12.4 Å². The van der Waals surface area contributed by atoms with Crippen LogP contribution in [0.5, 0.6) is 11.5 Å². The molecule has 0 fully saturated rings. The van der Waals surface area contributed by atoms with E-state index in [2.05, 4.69) is 21.0 Å². The van der Waals surface area contributed by atoms with Crippen LogP contribution in [0.3, 0.4) is 0 Å². The zero-order valence-electron chi connectivity index (χ0n) is 20.0. The largest absolute Gasteiger partial charge is 0.493 e. The van der Waals surface area contributed by atoms with E-state index in [1.807, 2.05) is 38.1 Å². The predicted molar refractivity (Wildman–Crippen MR) is 149 cm³/mol. The average molecular weight is 589 g/mol. The van der Waals surface area contributed by atoms with Gasteiger partial charge in [0, 0.05) is 32.1 Å². The first-order valence-corrected chi connectivity index (χ1v) is 12.9. The van der Waals surface area contributed by atoms with Gasteiger partial charge in [-0.3, -0.25) is 4.79 Å². The van der Waals surface area contributed by atoms with Gasteiger partial charge >= 0.3 is 0 Å². The first-order chi connectivity index (χ1) is 17.3. The Morgan fingerprint density at radius 3 is 2.56 bits per heavy atom. The third-order valence-corrected chi connectivity index (χ3v) is 6.73. The molecule has 0 N–H and O–H groups in total. The Hall–Kier alpha value is -2.87. The standard InChI is InChI=1S/C27H24BrCl2N3O3/c1-4-16(2)26-32-23-10-7-19(28)12-22(23)27(34)33(26)31-14-18-11-21(30)13-24(35-3)25(18)36-15-17-5-8-20(29)9-6-17/h5-14,16H,4,15H2,1-3H3/t16-/m1/s1. The Labute approximate surface area is 227 Å². The summed E-state index contributed by atoms with van der Waals surface area (Å²) < 4.78 is 13.8. The number of hydrogen-bond donors (Lipinski definition) is 0. The summed E-state index contributed by atoms with van der Waals surface area (Å²) in [6, 6.07) is 16.2. The highest BCUT2D eigenvalue weighted by Gasteiger charge is 2.17. The second-order valence-corrected chi connectivity index (χ2v) is 10.0. The number of hydrogen-bond acceptors (Lipinski definition) is 5. The van der Waals surface area contributed by atoms with Gasteiger partial charge in [0.25, 0.3) is 5.56 Å². The van der Waals surface area contributed by atoms with E-state index < -0.39 is 0 Å². The summed E-state index contributed by atoms with van der Waals surface area (Å²) in [6.45, 7) is 4.34. The maximum Gasteiger partial charge on any atom is 0.282 e. The third kappa shape index (κ3) is 5.75. The van der Waals surface area contributed by atoms with Crippen molar-refractivity contribution in [3.8, 4) is 11.5 Å². The van der Waals surface area contributed by atoms with Gasteiger partial charge in [0.05, 0.1) is 24.2 Å². The number of methoxy groups -OCH3 is 1. The van der Waals surface area contributed by atoms with Crippen LogP contribution >= 0.6 is 39.1 Å². The molecule has 0 aliphatic carbocycles. The van der Waals surface area contributed by atoms with E-state index in [1.165, 1.54) is 4.68 Å². The average Bonchev–Trinajstić information content (AvgIpc) is 2.87. The van der Waals surface area contributed by atoms with Gasteiger partial charge < -0.3 is 9.47 Å². The van der Waals surface area contributed by atoms with Crippen LogP contribution < -0.4 is 15.0 Å². The van der Waals surface area contributed by atoms with Crippen molar-refractivity contribution in [1.82, 2.24) is 9.66 Å². The summed E-state index contributed by atoms with van der Waals surface area (Å²) in [5, 5.41) is 6.12. The molecule has 0 saturated heterocycles. The van der Waals surface area contributed by atoms with E-state index in [0.29, 0.717) is 43.8 Å². The molecule has 3 aromatic carbocycles. The Bertz CT molecular complexity index is 1490. The lowest BCUT2D eigenvalue weighted by Gasteiger charge is -2.15. The summed E-state index contributed by atoms with van der Waals surface area (Å²) >= 11 is 15.8. The molecule has 1 atom stereocenters. The van der Waals surface area contributed by atoms with Gasteiger partial charge in [-0.15, -0.1) is 0 Å². The molecule has 0 saturated carbocycles. The Morgan fingerprint density at radius 2 is 1.86 bits per heavy atom. The number of halogens is 3. The molecule has 0 aliphatic heterocycles. The Kier molecular flexibility index (Phi) is 8.34. The number of benzene rings is 3. The minimum absolute atomic E-state index is 0.0115. The summed E-state index contributed by atoms with van der Waals surface area (Å²) in [4.78, 5) is 18.2. The summed E-state index contributed by atoms with van der Waals surface area (Å²) in [5.74, 6) is 1.49. The lowest BCUT2D eigenvalue weighted by Crippen LogP contribution is -2.23. The van der Waals surface area contributed by atoms with Gasteiger partial charge in [-0.2, -0.15) is 9.78 Å². The number of nitrogens with zero attached hydrogens (tertiary/aromatic N) is 3. The SMILES string of the molecule is CC[C@@H](C)c1nc2ccc(Br)cc2c(=O)n1N=Cc1cc(Cl)cc(OC)c1OCc1ccc(Cl)cc1. The van der Waals surface area contributed by atoms with Crippen LogP contribution in [-0.2, 0) is 6.61 Å². The van der Waals surface area contributed by atoms with Gasteiger partial charge in [-0.1, -0.05) is 65.1 Å². The molecule has 36 heavy (non-hydrogen) atoms. The fraction of sp³-hybridized carbons (Fsp3) is 0.222. The molecule has 4 aromatic rings. The summed E-state index contributed by atoms with van der Waals surface area (Å²) in [5.41, 5.74) is 1.86. The first-order valence-electron chi connectivity index (χ1n) is 11.3. The zero-order valence-corrected chi connectivity index (χ0v) is 23.1. The second kappa shape index (κ2) is 11.5. The second-order valence-electron chi connectivity index (χ2n) is 8.24. The van der Waals surface area contributed by atoms with Crippen LogP contribution in [0.15, 0.2) is 69.0 Å². The molecule has 4 rings (SSSR count). The van der Waals surface area contributed by atoms with Gasteiger partial charge in [-0.25, -0.2) is 4.98 Å². The summed E-state index contributed by atoms with van der Waals surface area (Å²) in [7, 11) is 1.54. The molecule has 0 spiro atoms. The van der Waals surface area contributed by atoms with Crippen molar-refractivity contribution in [1.29, 1.82) is 0 Å². The monoisotopic (exact) mass is 587 g/mol. The van der Waals surface area contributed by atoms with Crippen molar-refractivity contribution in [2.45, 2.75) is 32.8 Å². The fourth-order valence-electron chi connectivity index (χ4n) is 3.63. The molecule has 0 radical (unpaired) electrons. The van der Waals surface area contributed by atoms with E-state index in [-0.39, 0.29) is 18.1 Å². The van der Waals surface area contributed by atoms with Crippen LogP contribution in [0.25, 0.3) is 10.9 Å². The maximum atomic E-state index is 13.5. The van der Waals surface area contributed by atoms with Crippen LogP contribution in [0.4, 0.5) is 0 Å². The topological polar surface area (TPSA) is 65.7 Å². The van der Waals surface area contributed by atoms with E-state index in [9.17, 15) is 4.79 Å². The van der Waals surface area contributed by atoms with Crippen molar-refractivity contribution in [2.75, 3.05) is 7.11 Å². The van der Waals surface area contributed by atoms with Gasteiger partial charge in [-0.05, 0) is 48.4 Å².